The minimum absolute atomic E-state index is 0.392. The molecule has 0 aliphatic carbocycles. The van der Waals surface area contributed by atoms with E-state index in [0.717, 1.165) is 17.5 Å². The number of hydrogen-bond acceptors (Lipinski definition) is 3. The SMILES string of the molecule is O=CCc1cccn2cnnc12. The first kappa shape index (κ1) is 6.97. The van der Waals surface area contributed by atoms with Crippen LogP contribution in [0.2, 0.25) is 0 Å². The summed E-state index contributed by atoms with van der Waals surface area (Å²) in [6.07, 6.45) is 4.72. The van der Waals surface area contributed by atoms with Crippen LogP contribution in [0, 0.1) is 0 Å². The number of aromatic nitrogens is 3. The number of rotatable bonds is 2. The van der Waals surface area contributed by atoms with Crippen molar-refractivity contribution in [2.75, 3.05) is 0 Å². The molecule has 4 nitrogen and oxygen atoms in total. The molecule has 0 N–H and O–H groups in total. The summed E-state index contributed by atoms with van der Waals surface area (Å²) in [6.45, 7) is 0. The third-order valence-electron chi connectivity index (χ3n) is 1.71. The van der Waals surface area contributed by atoms with Crippen molar-refractivity contribution in [3.63, 3.8) is 0 Å². The van der Waals surface area contributed by atoms with E-state index >= 15 is 0 Å². The summed E-state index contributed by atoms with van der Waals surface area (Å²) in [7, 11) is 0. The Kier molecular flexibility index (Phi) is 1.59. The van der Waals surface area contributed by atoms with Crippen molar-refractivity contribution in [1.82, 2.24) is 14.6 Å². The zero-order valence-electron chi connectivity index (χ0n) is 6.34. The third-order valence-corrected chi connectivity index (χ3v) is 1.71. The summed E-state index contributed by atoms with van der Waals surface area (Å²) in [5.74, 6) is 0. The predicted octanol–water partition coefficient (Wildman–Crippen LogP) is 0.471. The third kappa shape index (κ3) is 0.972. The Balaban J connectivity index is 2.65. The minimum atomic E-state index is 0.392. The zero-order valence-corrected chi connectivity index (χ0v) is 6.34. The molecule has 0 fully saturated rings. The van der Waals surface area contributed by atoms with E-state index in [-0.39, 0.29) is 0 Å². The number of aldehydes is 1. The van der Waals surface area contributed by atoms with E-state index in [1.54, 1.807) is 10.7 Å². The summed E-state index contributed by atoms with van der Waals surface area (Å²) >= 11 is 0. The van der Waals surface area contributed by atoms with E-state index in [4.69, 9.17) is 0 Å². The van der Waals surface area contributed by atoms with E-state index in [2.05, 4.69) is 10.2 Å². The number of hydrogen-bond donors (Lipinski definition) is 0. The molecular weight excluding hydrogens is 154 g/mol. The van der Waals surface area contributed by atoms with Gasteiger partial charge in [-0.15, -0.1) is 10.2 Å². The molecule has 0 aliphatic heterocycles. The first-order valence-corrected chi connectivity index (χ1v) is 3.62. The lowest BCUT2D eigenvalue weighted by Gasteiger charge is -1.95. The van der Waals surface area contributed by atoms with Crippen molar-refractivity contribution in [3.05, 3.63) is 30.2 Å². The second kappa shape index (κ2) is 2.73. The fourth-order valence-corrected chi connectivity index (χ4v) is 1.16. The van der Waals surface area contributed by atoms with E-state index in [1.165, 1.54) is 0 Å². The van der Waals surface area contributed by atoms with Gasteiger partial charge in [-0.05, 0) is 6.07 Å². The molecule has 0 aliphatic rings. The Morgan fingerprint density at radius 3 is 3.33 bits per heavy atom. The van der Waals surface area contributed by atoms with Crippen molar-refractivity contribution in [3.8, 4) is 0 Å². The van der Waals surface area contributed by atoms with Gasteiger partial charge in [0.05, 0.1) is 0 Å². The van der Waals surface area contributed by atoms with Crippen molar-refractivity contribution < 1.29 is 4.79 Å². The van der Waals surface area contributed by atoms with Crippen molar-refractivity contribution >= 4 is 11.9 Å². The summed E-state index contributed by atoms with van der Waals surface area (Å²) in [6, 6.07) is 3.74. The fraction of sp³-hybridized carbons (Fsp3) is 0.125. The van der Waals surface area contributed by atoms with Crippen LogP contribution in [0.1, 0.15) is 5.56 Å². The standard InChI is InChI=1S/C8H7N3O/c12-5-3-7-2-1-4-11-6-9-10-8(7)11/h1-2,4-6H,3H2. The highest BCUT2D eigenvalue weighted by Crippen LogP contribution is 2.06. The lowest BCUT2D eigenvalue weighted by molar-refractivity contribution is -0.107. The van der Waals surface area contributed by atoms with E-state index in [9.17, 15) is 4.79 Å². The summed E-state index contributed by atoms with van der Waals surface area (Å²) in [5, 5.41) is 7.63. The van der Waals surface area contributed by atoms with Gasteiger partial charge >= 0.3 is 0 Å². The molecule has 0 spiro atoms. The Bertz CT molecular complexity index is 407. The molecule has 4 heteroatoms. The van der Waals surface area contributed by atoms with Gasteiger partial charge in [0.2, 0.25) is 0 Å². The number of fused-ring (bicyclic) bond motifs is 1. The number of nitrogens with zero attached hydrogens (tertiary/aromatic N) is 3. The van der Waals surface area contributed by atoms with Crippen LogP contribution in [-0.4, -0.2) is 20.9 Å². The summed E-state index contributed by atoms with van der Waals surface area (Å²) in [5.41, 5.74) is 1.66. The first-order valence-electron chi connectivity index (χ1n) is 3.62. The van der Waals surface area contributed by atoms with Gasteiger partial charge in [-0.1, -0.05) is 6.07 Å². The zero-order chi connectivity index (χ0) is 8.39. The molecule has 0 bridgehead atoms. The quantitative estimate of drug-likeness (QED) is 0.601. The maximum Gasteiger partial charge on any atom is 0.164 e. The topological polar surface area (TPSA) is 47.3 Å². The molecule has 0 aromatic carbocycles. The van der Waals surface area contributed by atoms with Gasteiger partial charge in [0.25, 0.3) is 0 Å². The van der Waals surface area contributed by atoms with Gasteiger partial charge < -0.3 is 4.79 Å². The van der Waals surface area contributed by atoms with Crippen LogP contribution in [0.25, 0.3) is 5.65 Å². The Morgan fingerprint density at radius 1 is 1.58 bits per heavy atom. The predicted molar refractivity (Wildman–Crippen MR) is 42.8 cm³/mol. The van der Waals surface area contributed by atoms with Crippen LogP contribution in [0.4, 0.5) is 0 Å². The Labute approximate surface area is 68.8 Å². The average molecular weight is 161 g/mol. The first-order chi connectivity index (χ1) is 5.92. The lowest BCUT2D eigenvalue weighted by Crippen LogP contribution is -1.91. The monoisotopic (exact) mass is 161 g/mol. The maximum atomic E-state index is 10.3. The molecule has 60 valence electrons. The molecule has 0 atom stereocenters. The highest BCUT2D eigenvalue weighted by atomic mass is 16.1. The number of carbonyl (C=O) groups excluding carboxylic acids is 1. The molecule has 2 aromatic rings. The van der Waals surface area contributed by atoms with E-state index in [0.29, 0.717) is 6.42 Å². The summed E-state index contributed by atoms with van der Waals surface area (Å²) in [4.78, 5) is 10.3. The van der Waals surface area contributed by atoms with E-state index in [1.807, 2.05) is 18.3 Å². The van der Waals surface area contributed by atoms with Crippen molar-refractivity contribution in [1.29, 1.82) is 0 Å². The second-order valence-corrected chi connectivity index (χ2v) is 2.47. The average Bonchev–Trinajstić information content (AvgIpc) is 2.53. The lowest BCUT2D eigenvalue weighted by atomic mass is 10.2. The van der Waals surface area contributed by atoms with Crippen LogP contribution >= 0.6 is 0 Å². The van der Waals surface area contributed by atoms with Gasteiger partial charge in [-0.3, -0.25) is 4.40 Å². The molecule has 2 rings (SSSR count). The Hall–Kier alpha value is -1.71. The Morgan fingerprint density at radius 2 is 2.50 bits per heavy atom. The second-order valence-electron chi connectivity index (χ2n) is 2.47. The van der Waals surface area contributed by atoms with Crippen molar-refractivity contribution in [2.45, 2.75) is 6.42 Å². The molecule has 0 saturated heterocycles. The highest BCUT2D eigenvalue weighted by molar-refractivity contribution is 5.61. The van der Waals surface area contributed by atoms with Crippen molar-refractivity contribution in [2.24, 2.45) is 0 Å². The summed E-state index contributed by atoms with van der Waals surface area (Å²) < 4.78 is 1.79. The van der Waals surface area contributed by atoms with Gasteiger partial charge in [0.15, 0.2) is 5.65 Å². The largest absolute Gasteiger partial charge is 0.303 e. The molecule has 2 aromatic heterocycles. The molecule has 0 radical (unpaired) electrons. The molecular formula is C8H7N3O. The van der Waals surface area contributed by atoms with Crippen LogP contribution < -0.4 is 0 Å². The van der Waals surface area contributed by atoms with Gasteiger partial charge in [-0.2, -0.15) is 0 Å². The molecule has 0 amide bonds. The number of pyridine rings is 1. The smallest absolute Gasteiger partial charge is 0.164 e. The van der Waals surface area contributed by atoms with Gasteiger partial charge in [0.1, 0.15) is 12.6 Å². The number of carbonyl (C=O) groups is 1. The minimum Gasteiger partial charge on any atom is -0.303 e. The van der Waals surface area contributed by atoms with Crippen LogP contribution in [-0.2, 0) is 11.2 Å². The van der Waals surface area contributed by atoms with Crippen LogP contribution in [0.5, 0.6) is 0 Å². The molecule has 0 saturated carbocycles. The normalized spacial score (nSPS) is 10.3. The van der Waals surface area contributed by atoms with Gasteiger partial charge in [0, 0.05) is 18.2 Å². The van der Waals surface area contributed by atoms with E-state index < -0.39 is 0 Å². The van der Waals surface area contributed by atoms with Gasteiger partial charge in [-0.25, -0.2) is 0 Å². The molecule has 2 heterocycles. The van der Waals surface area contributed by atoms with Crippen LogP contribution in [0.15, 0.2) is 24.7 Å². The molecule has 0 unspecified atom stereocenters. The fourth-order valence-electron chi connectivity index (χ4n) is 1.16. The maximum absolute atomic E-state index is 10.3. The molecule has 12 heavy (non-hydrogen) atoms. The van der Waals surface area contributed by atoms with Crippen LogP contribution in [0.3, 0.4) is 0 Å². The highest BCUT2D eigenvalue weighted by Gasteiger charge is 2.00.